The van der Waals surface area contributed by atoms with E-state index in [-0.39, 0.29) is 12.8 Å². The fourth-order valence-corrected chi connectivity index (χ4v) is 2.45. The highest BCUT2D eigenvalue weighted by Gasteiger charge is 2.07. The van der Waals surface area contributed by atoms with Crippen molar-refractivity contribution in [2.45, 2.75) is 40.5 Å². The number of benzene rings is 2. The average molecular weight is 326 g/mol. The molecule has 24 heavy (non-hydrogen) atoms. The second-order valence-electron chi connectivity index (χ2n) is 6.35. The number of nitrogens with one attached hydrogen (secondary N) is 2. The molecule has 4 heteroatoms. The molecule has 0 saturated heterocycles. The Morgan fingerprint density at radius 1 is 1.00 bits per heavy atom. The molecule has 0 radical (unpaired) electrons. The van der Waals surface area contributed by atoms with Gasteiger partial charge in [-0.25, -0.2) is 4.79 Å². The molecule has 0 spiro atoms. The smallest absolute Gasteiger partial charge is 0.321 e. The maximum absolute atomic E-state index is 12.0. The van der Waals surface area contributed by atoms with Gasteiger partial charge in [-0.05, 0) is 61.1 Å². The normalized spacial score (nSPS) is 10.6. The van der Waals surface area contributed by atoms with Gasteiger partial charge in [0.15, 0.2) is 6.73 Å². The molecule has 2 aromatic carbocycles. The van der Waals surface area contributed by atoms with E-state index in [1.54, 1.807) is 0 Å². The summed E-state index contributed by atoms with van der Waals surface area (Å²) in [7, 11) is 0. The minimum absolute atomic E-state index is 0.126. The van der Waals surface area contributed by atoms with Crippen LogP contribution in [0.3, 0.4) is 0 Å². The SMILES string of the molecule is Cc1ccc(C)c(OCNC(=O)Nc2ccc(C(C)C)cc2)c1C. The molecule has 2 amide bonds. The van der Waals surface area contributed by atoms with Crippen molar-refractivity contribution in [2.75, 3.05) is 12.0 Å². The molecule has 2 N–H and O–H groups in total. The third-order valence-electron chi connectivity index (χ3n) is 4.16. The molecule has 128 valence electrons. The Morgan fingerprint density at radius 2 is 1.62 bits per heavy atom. The number of carbonyl (C=O) groups excluding carboxylic acids is 1. The van der Waals surface area contributed by atoms with E-state index in [4.69, 9.17) is 4.74 Å². The number of aryl methyl sites for hydroxylation is 2. The van der Waals surface area contributed by atoms with Crippen molar-refractivity contribution in [2.24, 2.45) is 0 Å². The Bertz CT molecular complexity index is 706. The largest absolute Gasteiger partial charge is 0.473 e. The maximum atomic E-state index is 12.0. The molecule has 0 fully saturated rings. The third kappa shape index (κ3) is 4.51. The molecule has 2 aromatic rings. The van der Waals surface area contributed by atoms with Gasteiger partial charge in [-0.3, -0.25) is 0 Å². The number of amides is 2. The van der Waals surface area contributed by atoms with Crippen molar-refractivity contribution < 1.29 is 9.53 Å². The number of hydrogen-bond donors (Lipinski definition) is 2. The minimum Gasteiger partial charge on any atom is -0.473 e. The molecule has 0 aliphatic heterocycles. The van der Waals surface area contributed by atoms with Crippen LogP contribution in [-0.4, -0.2) is 12.8 Å². The lowest BCUT2D eigenvalue weighted by Gasteiger charge is -2.15. The topological polar surface area (TPSA) is 50.4 Å². The zero-order valence-corrected chi connectivity index (χ0v) is 15.1. The first-order valence-electron chi connectivity index (χ1n) is 8.23. The number of urea groups is 1. The van der Waals surface area contributed by atoms with Crippen LogP contribution in [0.4, 0.5) is 10.5 Å². The molecular formula is C20H26N2O2. The summed E-state index contributed by atoms with van der Waals surface area (Å²) in [6, 6.07) is 11.7. The van der Waals surface area contributed by atoms with Gasteiger partial charge in [0, 0.05) is 5.69 Å². The molecule has 0 aliphatic rings. The standard InChI is InChI=1S/C20H26N2O2/c1-13(2)17-8-10-18(11-9-17)22-20(23)21-12-24-19-15(4)7-6-14(3)16(19)5/h6-11,13H,12H2,1-5H3,(H2,21,22,23). The lowest BCUT2D eigenvalue weighted by molar-refractivity contribution is 0.234. The Kier molecular flexibility index (Phi) is 5.85. The number of rotatable bonds is 5. The molecule has 0 saturated carbocycles. The summed E-state index contributed by atoms with van der Waals surface area (Å²) in [4.78, 5) is 12.0. The lowest BCUT2D eigenvalue weighted by Crippen LogP contribution is -2.32. The second-order valence-corrected chi connectivity index (χ2v) is 6.35. The molecule has 0 atom stereocenters. The van der Waals surface area contributed by atoms with Crippen LogP contribution in [0.5, 0.6) is 5.75 Å². The first-order valence-corrected chi connectivity index (χ1v) is 8.23. The van der Waals surface area contributed by atoms with Crippen LogP contribution < -0.4 is 15.4 Å². The predicted octanol–water partition coefficient (Wildman–Crippen LogP) is 4.89. The van der Waals surface area contributed by atoms with Gasteiger partial charge in [0.25, 0.3) is 0 Å². The highest BCUT2D eigenvalue weighted by Crippen LogP contribution is 2.25. The fraction of sp³-hybridized carbons (Fsp3) is 0.350. The number of ether oxygens (including phenoxy) is 1. The van der Waals surface area contributed by atoms with Crippen LogP contribution in [-0.2, 0) is 0 Å². The first kappa shape index (κ1) is 17.9. The molecule has 0 unspecified atom stereocenters. The zero-order chi connectivity index (χ0) is 17.7. The van der Waals surface area contributed by atoms with Crippen molar-refractivity contribution in [3.05, 3.63) is 58.7 Å². The highest BCUT2D eigenvalue weighted by atomic mass is 16.5. The summed E-state index contributed by atoms with van der Waals surface area (Å²) in [5.41, 5.74) is 5.34. The van der Waals surface area contributed by atoms with E-state index in [9.17, 15) is 4.79 Å². The van der Waals surface area contributed by atoms with Crippen molar-refractivity contribution in [1.82, 2.24) is 5.32 Å². The molecule has 0 aliphatic carbocycles. The van der Waals surface area contributed by atoms with Crippen LogP contribution in [0.1, 0.15) is 42.0 Å². The summed E-state index contributed by atoms with van der Waals surface area (Å²) in [5, 5.41) is 5.52. The molecule has 2 rings (SSSR count). The van der Waals surface area contributed by atoms with Crippen LogP contribution in [0, 0.1) is 20.8 Å². The third-order valence-corrected chi connectivity index (χ3v) is 4.16. The van der Waals surface area contributed by atoms with Gasteiger partial charge in [0.1, 0.15) is 5.75 Å². The van der Waals surface area contributed by atoms with E-state index in [0.717, 1.165) is 22.6 Å². The summed E-state index contributed by atoms with van der Waals surface area (Å²) < 4.78 is 5.74. The van der Waals surface area contributed by atoms with Crippen molar-refractivity contribution >= 4 is 11.7 Å². The Hall–Kier alpha value is -2.49. The van der Waals surface area contributed by atoms with Crippen LogP contribution in [0.2, 0.25) is 0 Å². The molecule has 4 nitrogen and oxygen atoms in total. The van der Waals surface area contributed by atoms with Crippen LogP contribution in [0.25, 0.3) is 0 Å². The van der Waals surface area contributed by atoms with Crippen molar-refractivity contribution in [3.8, 4) is 5.75 Å². The number of anilines is 1. The highest BCUT2D eigenvalue weighted by molar-refractivity contribution is 5.89. The van der Waals surface area contributed by atoms with Gasteiger partial charge in [-0.15, -0.1) is 0 Å². The molecule has 0 aromatic heterocycles. The van der Waals surface area contributed by atoms with Gasteiger partial charge in [-0.2, -0.15) is 0 Å². The summed E-state index contributed by atoms with van der Waals surface area (Å²) >= 11 is 0. The van der Waals surface area contributed by atoms with Gasteiger partial charge in [-0.1, -0.05) is 38.1 Å². The number of carbonyl (C=O) groups is 1. The molecule has 0 bridgehead atoms. The summed E-state index contributed by atoms with van der Waals surface area (Å²) in [6.45, 7) is 10.5. The van der Waals surface area contributed by atoms with Crippen LogP contribution in [0.15, 0.2) is 36.4 Å². The van der Waals surface area contributed by atoms with Crippen LogP contribution >= 0.6 is 0 Å². The first-order chi connectivity index (χ1) is 11.4. The Balaban J connectivity index is 1.87. The lowest BCUT2D eigenvalue weighted by atomic mass is 10.0. The van der Waals surface area contributed by atoms with E-state index < -0.39 is 0 Å². The van der Waals surface area contributed by atoms with Crippen molar-refractivity contribution in [1.29, 1.82) is 0 Å². The van der Waals surface area contributed by atoms with E-state index in [1.807, 2.05) is 51.1 Å². The van der Waals surface area contributed by atoms with Gasteiger partial charge >= 0.3 is 6.03 Å². The quantitative estimate of drug-likeness (QED) is 0.768. The number of hydrogen-bond acceptors (Lipinski definition) is 2. The fourth-order valence-electron chi connectivity index (χ4n) is 2.45. The van der Waals surface area contributed by atoms with E-state index in [2.05, 4.69) is 30.5 Å². The minimum atomic E-state index is -0.282. The summed E-state index contributed by atoms with van der Waals surface area (Å²) in [6.07, 6.45) is 0. The van der Waals surface area contributed by atoms with Crippen molar-refractivity contribution in [3.63, 3.8) is 0 Å². The molecule has 0 heterocycles. The summed E-state index contributed by atoms with van der Waals surface area (Å²) in [5.74, 6) is 1.30. The van der Waals surface area contributed by atoms with Gasteiger partial charge in [0.2, 0.25) is 0 Å². The average Bonchev–Trinajstić information content (AvgIpc) is 2.55. The van der Waals surface area contributed by atoms with Gasteiger partial charge in [0.05, 0.1) is 0 Å². The maximum Gasteiger partial charge on any atom is 0.321 e. The van der Waals surface area contributed by atoms with E-state index >= 15 is 0 Å². The van der Waals surface area contributed by atoms with E-state index in [0.29, 0.717) is 5.92 Å². The monoisotopic (exact) mass is 326 g/mol. The second kappa shape index (κ2) is 7.86. The predicted molar refractivity (Wildman–Crippen MR) is 98.8 cm³/mol. The van der Waals surface area contributed by atoms with Gasteiger partial charge < -0.3 is 15.4 Å². The van der Waals surface area contributed by atoms with E-state index in [1.165, 1.54) is 11.1 Å². The Labute approximate surface area is 144 Å². The molecular weight excluding hydrogens is 300 g/mol. The Morgan fingerprint density at radius 3 is 2.25 bits per heavy atom. The zero-order valence-electron chi connectivity index (χ0n) is 15.1.